The minimum absolute atomic E-state index is 0.0948. The number of amides is 2. The van der Waals surface area contributed by atoms with E-state index >= 15 is 0 Å². The van der Waals surface area contributed by atoms with Crippen molar-refractivity contribution in [3.05, 3.63) is 71.9 Å². The van der Waals surface area contributed by atoms with Gasteiger partial charge in [0.05, 0.1) is 19.0 Å². The molecule has 1 aromatic heterocycles. The summed E-state index contributed by atoms with van der Waals surface area (Å²) in [7, 11) is 1.68. The van der Waals surface area contributed by atoms with E-state index in [0.29, 0.717) is 31.4 Å². The number of rotatable bonds is 7. The number of nitrogens with one attached hydrogen (secondary N) is 1. The molecule has 2 aromatic carbocycles. The Labute approximate surface area is 187 Å². The molecule has 0 saturated carbocycles. The highest BCUT2D eigenvalue weighted by Gasteiger charge is 2.32. The summed E-state index contributed by atoms with van der Waals surface area (Å²) in [5, 5.41) is 10.6. The molecule has 0 bridgehead atoms. The Bertz CT molecular complexity index is 1060. The van der Waals surface area contributed by atoms with Gasteiger partial charge < -0.3 is 14.6 Å². The minimum atomic E-state index is -0.517. The highest BCUT2D eigenvalue weighted by Crippen LogP contribution is 2.21. The van der Waals surface area contributed by atoms with Crippen molar-refractivity contribution < 1.29 is 14.0 Å². The van der Waals surface area contributed by atoms with Crippen LogP contribution in [-0.4, -0.2) is 58.0 Å². The van der Waals surface area contributed by atoms with Gasteiger partial charge in [-0.2, -0.15) is 0 Å². The molecule has 0 spiro atoms. The van der Waals surface area contributed by atoms with Crippen molar-refractivity contribution in [3.8, 4) is 11.1 Å². The molecular weight excluding hydrogens is 406 g/mol. The van der Waals surface area contributed by atoms with Crippen LogP contribution < -0.4 is 5.32 Å². The van der Waals surface area contributed by atoms with Crippen LogP contribution in [0.4, 0.5) is 0 Å². The summed E-state index contributed by atoms with van der Waals surface area (Å²) >= 11 is 0. The van der Waals surface area contributed by atoms with Crippen molar-refractivity contribution in [1.29, 1.82) is 0 Å². The van der Waals surface area contributed by atoms with Crippen LogP contribution in [0.5, 0.6) is 0 Å². The summed E-state index contributed by atoms with van der Waals surface area (Å²) in [5.41, 5.74) is 3.42. The number of benzene rings is 2. The zero-order valence-electron chi connectivity index (χ0n) is 18.3. The van der Waals surface area contributed by atoms with Crippen molar-refractivity contribution in [2.24, 2.45) is 0 Å². The smallest absolute Gasteiger partial charge is 0.237 e. The third-order valence-electron chi connectivity index (χ3n) is 5.62. The summed E-state index contributed by atoms with van der Waals surface area (Å²) in [6, 6.07) is 18.0. The third-order valence-corrected chi connectivity index (χ3v) is 5.62. The molecular formula is C24H27N5O3. The largest absolute Gasteiger partial charge is 0.424 e. The maximum atomic E-state index is 12.8. The van der Waals surface area contributed by atoms with E-state index in [1.165, 1.54) is 10.5 Å². The SMILES string of the molecule is Cc1nnc(CN(C)C(=O)CC2C(=O)NCCN2Cc2ccc(-c3ccccc3)cc2)o1. The lowest BCUT2D eigenvalue weighted by molar-refractivity contribution is -0.138. The predicted molar refractivity (Wildman–Crippen MR) is 119 cm³/mol. The average Bonchev–Trinajstić information content (AvgIpc) is 3.21. The van der Waals surface area contributed by atoms with Gasteiger partial charge in [0.25, 0.3) is 0 Å². The molecule has 1 atom stereocenters. The second kappa shape index (κ2) is 9.74. The molecule has 3 aromatic rings. The Balaban J connectivity index is 1.41. The van der Waals surface area contributed by atoms with Gasteiger partial charge in [-0.15, -0.1) is 10.2 Å². The van der Waals surface area contributed by atoms with E-state index in [1.54, 1.807) is 14.0 Å². The van der Waals surface area contributed by atoms with Crippen molar-refractivity contribution in [2.45, 2.75) is 32.5 Å². The van der Waals surface area contributed by atoms with E-state index in [4.69, 9.17) is 4.42 Å². The van der Waals surface area contributed by atoms with Gasteiger partial charge in [-0.05, 0) is 16.7 Å². The van der Waals surface area contributed by atoms with Crippen LogP contribution in [0.2, 0.25) is 0 Å². The molecule has 1 unspecified atom stereocenters. The lowest BCUT2D eigenvalue weighted by Crippen LogP contribution is -2.56. The Morgan fingerprint density at radius 1 is 1.12 bits per heavy atom. The Morgan fingerprint density at radius 2 is 1.84 bits per heavy atom. The second-order valence-corrected chi connectivity index (χ2v) is 8.01. The first-order valence-electron chi connectivity index (χ1n) is 10.7. The molecule has 1 N–H and O–H groups in total. The van der Waals surface area contributed by atoms with E-state index in [-0.39, 0.29) is 24.8 Å². The standard InChI is InChI=1S/C24H27N5O3/c1-17-26-27-22(32-17)16-28(2)23(30)14-21-24(31)25-12-13-29(21)15-18-8-10-20(11-9-18)19-6-4-3-5-7-19/h3-11,21H,12-16H2,1-2H3,(H,25,31). The second-order valence-electron chi connectivity index (χ2n) is 8.01. The van der Waals surface area contributed by atoms with Crippen LogP contribution in [-0.2, 0) is 22.7 Å². The summed E-state index contributed by atoms with van der Waals surface area (Å²) in [5.74, 6) is 0.568. The monoisotopic (exact) mass is 433 g/mol. The van der Waals surface area contributed by atoms with E-state index < -0.39 is 6.04 Å². The maximum Gasteiger partial charge on any atom is 0.237 e. The fourth-order valence-corrected chi connectivity index (χ4v) is 3.85. The highest BCUT2D eigenvalue weighted by molar-refractivity contribution is 5.88. The highest BCUT2D eigenvalue weighted by atomic mass is 16.4. The van der Waals surface area contributed by atoms with Gasteiger partial charge >= 0.3 is 0 Å². The van der Waals surface area contributed by atoms with E-state index in [1.807, 2.05) is 18.2 Å². The lowest BCUT2D eigenvalue weighted by atomic mass is 10.0. The number of aryl methyl sites for hydroxylation is 1. The summed E-state index contributed by atoms with van der Waals surface area (Å²) < 4.78 is 5.35. The number of nitrogens with zero attached hydrogens (tertiary/aromatic N) is 4. The molecule has 0 aliphatic carbocycles. The van der Waals surface area contributed by atoms with Gasteiger partial charge in [0.15, 0.2) is 0 Å². The lowest BCUT2D eigenvalue weighted by Gasteiger charge is -2.35. The Hall–Kier alpha value is -3.52. The first kappa shape index (κ1) is 21.7. The number of hydrogen-bond donors (Lipinski definition) is 1. The maximum absolute atomic E-state index is 12.8. The van der Waals surface area contributed by atoms with Gasteiger partial charge in [-0.25, -0.2) is 0 Å². The Kier molecular flexibility index (Phi) is 6.61. The van der Waals surface area contributed by atoms with E-state index in [2.05, 4.69) is 56.8 Å². The number of hydrogen-bond acceptors (Lipinski definition) is 6. The van der Waals surface area contributed by atoms with Crippen LogP contribution in [0, 0.1) is 6.92 Å². The normalized spacial score (nSPS) is 16.6. The zero-order chi connectivity index (χ0) is 22.5. The van der Waals surface area contributed by atoms with Gasteiger partial charge in [0, 0.05) is 33.6 Å². The van der Waals surface area contributed by atoms with Gasteiger partial charge in [-0.1, -0.05) is 54.6 Å². The van der Waals surface area contributed by atoms with E-state index in [0.717, 1.165) is 11.1 Å². The number of carbonyl (C=O) groups excluding carboxylic acids is 2. The first-order chi connectivity index (χ1) is 15.5. The summed E-state index contributed by atoms with van der Waals surface area (Å²) in [6.07, 6.45) is 0.0948. The third kappa shape index (κ3) is 5.20. The quantitative estimate of drug-likeness (QED) is 0.615. The van der Waals surface area contributed by atoms with Gasteiger partial charge in [0.1, 0.15) is 0 Å². The van der Waals surface area contributed by atoms with Crippen LogP contribution in [0.3, 0.4) is 0 Å². The van der Waals surface area contributed by atoms with Crippen molar-refractivity contribution in [2.75, 3.05) is 20.1 Å². The first-order valence-corrected chi connectivity index (χ1v) is 10.7. The topological polar surface area (TPSA) is 91.6 Å². The molecule has 0 radical (unpaired) electrons. The number of carbonyl (C=O) groups is 2. The summed E-state index contributed by atoms with van der Waals surface area (Å²) in [6.45, 7) is 3.79. The van der Waals surface area contributed by atoms with Gasteiger partial charge in [0.2, 0.25) is 23.6 Å². The molecule has 1 saturated heterocycles. The molecule has 4 rings (SSSR count). The molecule has 8 heteroatoms. The van der Waals surface area contributed by atoms with E-state index in [9.17, 15) is 9.59 Å². The fraction of sp³-hybridized carbons (Fsp3) is 0.333. The Morgan fingerprint density at radius 3 is 2.53 bits per heavy atom. The van der Waals surface area contributed by atoms with Crippen LogP contribution >= 0.6 is 0 Å². The van der Waals surface area contributed by atoms with Gasteiger partial charge in [-0.3, -0.25) is 14.5 Å². The minimum Gasteiger partial charge on any atom is -0.424 e. The van der Waals surface area contributed by atoms with Crippen molar-refractivity contribution in [3.63, 3.8) is 0 Å². The summed E-state index contributed by atoms with van der Waals surface area (Å²) in [4.78, 5) is 29.0. The molecule has 166 valence electrons. The van der Waals surface area contributed by atoms with Crippen LogP contribution in [0.25, 0.3) is 11.1 Å². The van der Waals surface area contributed by atoms with Crippen LogP contribution in [0.15, 0.2) is 59.0 Å². The average molecular weight is 434 g/mol. The van der Waals surface area contributed by atoms with Crippen LogP contribution in [0.1, 0.15) is 23.8 Å². The molecule has 8 nitrogen and oxygen atoms in total. The number of piperazine rings is 1. The molecule has 32 heavy (non-hydrogen) atoms. The van der Waals surface area contributed by atoms with Crippen molar-refractivity contribution in [1.82, 2.24) is 25.3 Å². The molecule has 1 aliphatic heterocycles. The van der Waals surface area contributed by atoms with Crippen molar-refractivity contribution >= 4 is 11.8 Å². The fourth-order valence-electron chi connectivity index (χ4n) is 3.85. The number of aromatic nitrogens is 2. The molecule has 1 aliphatic rings. The zero-order valence-corrected chi connectivity index (χ0v) is 18.3. The molecule has 2 amide bonds. The molecule has 1 fully saturated rings. The predicted octanol–water partition coefficient (Wildman–Crippen LogP) is 2.39. The molecule has 2 heterocycles.